The van der Waals surface area contributed by atoms with Crippen LogP contribution < -0.4 is 10.6 Å². The van der Waals surface area contributed by atoms with Gasteiger partial charge in [-0.1, -0.05) is 78.9 Å². The smallest absolute Gasteiger partial charge is 0.414 e. The van der Waals surface area contributed by atoms with Crippen molar-refractivity contribution in [3.63, 3.8) is 0 Å². The Labute approximate surface area is 210 Å². The quantitative estimate of drug-likeness (QED) is 0.259. The second-order valence-corrected chi connectivity index (χ2v) is 8.94. The van der Waals surface area contributed by atoms with Crippen LogP contribution >= 0.6 is 0 Å². The number of hydrogen-bond donors (Lipinski definition) is 5. The van der Waals surface area contributed by atoms with Gasteiger partial charge in [-0.3, -0.25) is 0 Å². The fourth-order valence-electron chi connectivity index (χ4n) is 4.85. The predicted molar refractivity (Wildman–Crippen MR) is 140 cm³/mol. The van der Waals surface area contributed by atoms with Crippen molar-refractivity contribution in [1.29, 1.82) is 0 Å². The van der Waals surface area contributed by atoms with E-state index in [1.165, 1.54) is 40.4 Å². The van der Waals surface area contributed by atoms with Gasteiger partial charge in [-0.05, 0) is 35.6 Å². The summed E-state index contributed by atoms with van der Waals surface area (Å²) in [6.45, 7) is 1.91. The van der Waals surface area contributed by atoms with Crippen LogP contribution in [0.3, 0.4) is 0 Å². The molecule has 2 unspecified atom stereocenters. The van der Waals surface area contributed by atoms with Gasteiger partial charge >= 0.3 is 11.9 Å². The van der Waals surface area contributed by atoms with Crippen molar-refractivity contribution in [3.05, 3.63) is 108 Å². The topological polar surface area (TPSA) is 114 Å². The zero-order valence-electron chi connectivity index (χ0n) is 19.9. The minimum atomic E-state index is -1.82. The van der Waals surface area contributed by atoms with Crippen LogP contribution in [0.25, 0.3) is 10.9 Å². The van der Waals surface area contributed by atoms with Gasteiger partial charge in [0.1, 0.15) is 0 Å². The summed E-state index contributed by atoms with van der Waals surface area (Å²) in [5.41, 5.74) is 5.35. The van der Waals surface area contributed by atoms with Crippen LogP contribution in [-0.2, 0) is 16.1 Å². The summed E-state index contributed by atoms with van der Waals surface area (Å²) in [6, 6.07) is 31.4. The van der Waals surface area contributed by atoms with E-state index in [2.05, 4.69) is 107 Å². The van der Waals surface area contributed by atoms with Gasteiger partial charge in [-0.25, -0.2) is 9.59 Å². The lowest BCUT2D eigenvalue weighted by atomic mass is 9.81. The fraction of sp³-hybridized carbons (Fsp3) is 0.241. The van der Waals surface area contributed by atoms with Gasteiger partial charge in [0.15, 0.2) is 0 Å². The van der Waals surface area contributed by atoms with Crippen LogP contribution in [0, 0.1) is 0 Å². The summed E-state index contributed by atoms with van der Waals surface area (Å²) in [5, 5.41) is 23.7. The number of carboxylic acids is 2. The van der Waals surface area contributed by atoms with Crippen molar-refractivity contribution in [2.24, 2.45) is 0 Å². The number of aromatic nitrogens is 1. The Morgan fingerprint density at radius 3 is 1.97 bits per heavy atom. The molecule has 1 saturated heterocycles. The van der Waals surface area contributed by atoms with Crippen molar-refractivity contribution in [3.8, 4) is 0 Å². The number of aliphatic carboxylic acids is 2. The van der Waals surface area contributed by atoms with E-state index in [9.17, 15) is 0 Å². The molecule has 1 aliphatic heterocycles. The summed E-state index contributed by atoms with van der Waals surface area (Å²) < 4.78 is 0. The maximum Gasteiger partial charge on any atom is 0.414 e. The second kappa shape index (κ2) is 12.2. The molecule has 0 aliphatic carbocycles. The van der Waals surface area contributed by atoms with Gasteiger partial charge in [-0.2, -0.15) is 0 Å². The number of benzene rings is 3. The number of rotatable bonds is 6. The zero-order valence-corrected chi connectivity index (χ0v) is 19.9. The highest BCUT2D eigenvalue weighted by Gasteiger charge is 2.29. The largest absolute Gasteiger partial charge is 0.473 e. The number of piperidine rings is 1. The van der Waals surface area contributed by atoms with Crippen molar-refractivity contribution in [2.75, 3.05) is 6.54 Å². The Morgan fingerprint density at radius 2 is 1.42 bits per heavy atom. The summed E-state index contributed by atoms with van der Waals surface area (Å²) in [4.78, 5) is 21.6. The number of carboxylic acid groups (broad SMARTS) is 2. The molecule has 36 heavy (non-hydrogen) atoms. The number of para-hydroxylation sites is 1. The molecule has 0 radical (unpaired) electrons. The lowest BCUT2D eigenvalue weighted by Crippen LogP contribution is -2.49. The van der Waals surface area contributed by atoms with E-state index in [0.29, 0.717) is 18.0 Å². The Balaban J connectivity index is 0.000000455. The monoisotopic (exact) mass is 485 g/mol. The normalized spacial score (nSPS) is 17.4. The van der Waals surface area contributed by atoms with Crippen molar-refractivity contribution >= 4 is 22.8 Å². The maximum atomic E-state index is 9.10. The average Bonchev–Trinajstić information content (AvgIpc) is 3.33. The van der Waals surface area contributed by atoms with E-state index in [1.54, 1.807) is 0 Å². The minimum absolute atomic E-state index is 0.391. The third-order valence-corrected chi connectivity index (χ3v) is 6.61. The molecule has 0 bridgehead atoms. The first-order valence-corrected chi connectivity index (χ1v) is 12.1. The SMILES string of the molecule is O=C(O)C(=O)O.c1ccc(C(c2ccccc2)C2CCC(NCc3c[nH]c4ccccc34)CN2)cc1. The molecule has 2 heterocycles. The van der Waals surface area contributed by atoms with Gasteiger partial charge in [0.25, 0.3) is 0 Å². The predicted octanol–water partition coefficient (Wildman–Crippen LogP) is 4.37. The number of hydrogen-bond acceptors (Lipinski definition) is 4. The molecule has 186 valence electrons. The van der Waals surface area contributed by atoms with Crippen molar-refractivity contribution < 1.29 is 19.8 Å². The van der Waals surface area contributed by atoms with Gasteiger partial charge in [0, 0.05) is 48.2 Å². The standard InChI is InChI=1S/C27H29N3.C2H2O4/c1-3-9-20(10-4-1)27(21-11-5-2-6-12-21)26-16-15-23(19-30-26)28-17-22-18-29-25-14-8-7-13-24(22)25;3-1(4)2(5)6/h1-14,18,23,26-30H,15-17,19H2;(H,3,4)(H,5,6). The first-order chi connectivity index (χ1) is 17.5. The van der Waals surface area contributed by atoms with Crippen LogP contribution in [0.5, 0.6) is 0 Å². The molecule has 7 nitrogen and oxygen atoms in total. The van der Waals surface area contributed by atoms with E-state index in [4.69, 9.17) is 19.8 Å². The first kappa shape index (κ1) is 25.2. The Kier molecular flexibility index (Phi) is 8.49. The fourth-order valence-corrected chi connectivity index (χ4v) is 4.85. The van der Waals surface area contributed by atoms with Gasteiger partial charge in [-0.15, -0.1) is 0 Å². The van der Waals surface area contributed by atoms with E-state index in [0.717, 1.165) is 13.1 Å². The molecule has 3 aromatic carbocycles. The highest BCUT2D eigenvalue weighted by molar-refractivity contribution is 6.27. The maximum absolute atomic E-state index is 9.10. The highest BCUT2D eigenvalue weighted by Crippen LogP contribution is 2.32. The average molecular weight is 486 g/mol. The summed E-state index contributed by atoms with van der Waals surface area (Å²) in [5.74, 6) is -3.26. The number of aromatic amines is 1. The molecule has 0 saturated carbocycles. The molecule has 2 atom stereocenters. The summed E-state index contributed by atoms with van der Waals surface area (Å²) in [7, 11) is 0. The molecular weight excluding hydrogens is 454 g/mol. The molecular formula is C29H31N3O4. The molecule has 1 aromatic heterocycles. The molecule has 5 rings (SSSR count). The number of H-pyrrole nitrogens is 1. The van der Waals surface area contributed by atoms with Crippen molar-refractivity contribution in [1.82, 2.24) is 15.6 Å². The Morgan fingerprint density at radius 1 is 0.833 bits per heavy atom. The molecule has 0 spiro atoms. The molecule has 1 aliphatic rings. The lowest BCUT2D eigenvalue weighted by molar-refractivity contribution is -0.159. The van der Waals surface area contributed by atoms with E-state index in [-0.39, 0.29) is 0 Å². The van der Waals surface area contributed by atoms with E-state index < -0.39 is 11.9 Å². The lowest BCUT2D eigenvalue weighted by Gasteiger charge is -2.36. The Bertz CT molecular complexity index is 1210. The van der Waals surface area contributed by atoms with Crippen LogP contribution in [0.2, 0.25) is 0 Å². The van der Waals surface area contributed by atoms with E-state index >= 15 is 0 Å². The highest BCUT2D eigenvalue weighted by atomic mass is 16.4. The van der Waals surface area contributed by atoms with Crippen LogP contribution in [0.1, 0.15) is 35.4 Å². The van der Waals surface area contributed by atoms with Crippen LogP contribution in [0.15, 0.2) is 91.1 Å². The molecule has 7 heteroatoms. The van der Waals surface area contributed by atoms with E-state index in [1.807, 2.05) is 0 Å². The number of carbonyl (C=O) groups is 2. The third kappa shape index (κ3) is 6.38. The number of nitrogens with one attached hydrogen (secondary N) is 3. The second-order valence-electron chi connectivity index (χ2n) is 8.94. The van der Waals surface area contributed by atoms with Crippen LogP contribution in [-0.4, -0.2) is 45.8 Å². The molecule has 5 N–H and O–H groups in total. The summed E-state index contributed by atoms with van der Waals surface area (Å²) in [6.07, 6.45) is 4.49. The Hall–Kier alpha value is -3.94. The van der Waals surface area contributed by atoms with Gasteiger partial charge < -0.3 is 25.8 Å². The molecule has 0 amide bonds. The first-order valence-electron chi connectivity index (χ1n) is 12.1. The van der Waals surface area contributed by atoms with Crippen LogP contribution in [0.4, 0.5) is 0 Å². The zero-order chi connectivity index (χ0) is 25.3. The third-order valence-electron chi connectivity index (χ3n) is 6.61. The van der Waals surface area contributed by atoms with Crippen molar-refractivity contribution in [2.45, 2.75) is 37.4 Å². The minimum Gasteiger partial charge on any atom is -0.473 e. The summed E-state index contributed by atoms with van der Waals surface area (Å²) >= 11 is 0. The van der Waals surface area contributed by atoms with Gasteiger partial charge in [0.2, 0.25) is 0 Å². The van der Waals surface area contributed by atoms with Gasteiger partial charge in [0.05, 0.1) is 0 Å². The number of fused-ring (bicyclic) bond motifs is 1. The molecule has 1 fully saturated rings. The molecule has 4 aromatic rings.